The number of hydrogen-bond donors (Lipinski definition) is 0. The van der Waals surface area contributed by atoms with Gasteiger partial charge in [-0.2, -0.15) is 0 Å². The predicted molar refractivity (Wildman–Crippen MR) is 69.7 cm³/mol. The zero-order chi connectivity index (χ0) is 11.5. The molecule has 0 aromatic heterocycles. The van der Waals surface area contributed by atoms with Crippen molar-refractivity contribution >= 4 is 0 Å². The zero-order valence-electron chi connectivity index (χ0n) is 11.3. The van der Waals surface area contributed by atoms with Crippen LogP contribution in [0.4, 0.5) is 0 Å². The molecule has 2 aliphatic heterocycles. The Morgan fingerprint density at radius 2 is 1.69 bits per heavy atom. The summed E-state index contributed by atoms with van der Waals surface area (Å²) in [6, 6.07) is 0.750. The van der Waals surface area contributed by atoms with Gasteiger partial charge in [0.05, 0.1) is 0 Å². The van der Waals surface area contributed by atoms with Gasteiger partial charge in [-0.05, 0) is 64.6 Å². The SMILES string of the molecule is CCN1CC(CC2CCN(C(C)C)CC2)C1. The number of piperidine rings is 1. The predicted octanol–water partition coefficient (Wildman–Crippen LogP) is 2.45. The van der Waals surface area contributed by atoms with Gasteiger partial charge >= 0.3 is 0 Å². The first-order chi connectivity index (χ1) is 7.69. The van der Waals surface area contributed by atoms with Crippen molar-refractivity contribution in [1.82, 2.24) is 9.80 Å². The number of nitrogens with zero attached hydrogens (tertiary/aromatic N) is 2. The molecule has 0 spiro atoms. The average Bonchev–Trinajstić information content (AvgIpc) is 2.23. The highest BCUT2D eigenvalue weighted by atomic mass is 15.2. The number of rotatable bonds is 4. The maximum atomic E-state index is 2.63. The van der Waals surface area contributed by atoms with Crippen molar-refractivity contribution in [1.29, 1.82) is 0 Å². The fourth-order valence-electron chi connectivity index (χ4n) is 3.26. The molecular formula is C14H28N2. The Balaban J connectivity index is 1.63. The van der Waals surface area contributed by atoms with Gasteiger partial charge in [0.15, 0.2) is 0 Å². The van der Waals surface area contributed by atoms with Crippen LogP contribution < -0.4 is 0 Å². The van der Waals surface area contributed by atoms with Gasteiger partial charge in [-0.25, -0.2) is 0 Å². The largest absolute Gasteiger partial charge is 0.303 e. The van der Waals surface area contributed by atoms with Gasteiger partial charge < -0.3 is 9.80 Å². The van der Waals surface area contributed by atoms with E-state index < -0.39 is 0 Å². The molecule has 2 heteroatoms. The van der Waals surface area contributed by atoms with Crippen LogP contribution in [0, 0.1) is 11.8 Å². The Morgan fingerprint density at radius 1 is 1.06 bits per heavy atom. The van der Waals surface area contributed by atoms with E-state index in [9.17, 15) is 0 Å². The molecule has 2 aliphatic rings. The quantitative estimate of drug-likeness (QED) is 0.724. The minimum absolute atomic E-state index is 0.750. The minimum Gasteiger partial charge on any atom is -0.303 e. The van der Waals surface area contributed by atoms with Gasteiger partial charge in [-0.15, -0.1) is 0 Å². The van der Waals surface area contributed by atoms with Crippen LogP contribution in [-0.2, 0) is 0 Å². The Hall–Kier alpha value is -0.0800. The lowest BCUT2D eigenvalue weighted by Gasteiger charge is -2.42. The Morgan fingerprint density at radius 3 is 2.19 bits per heavy atom. The van der Waals surface area contributed by atoms with E-state index in [0.717, 1.165) is 17.9 Å². The molecule has 0 aromatic carbocycles. The fraction of sp³-hybridized carbons (Fsp3) is 1.00. The molecule has 2 rings (SSSR count). The van der Waals surface area contributed by atoms with Crippen LogP contribution in [0.25, 0.3) is 0 Å². The third-order valence-electron chi connectivity index (χ3n) is 4.53. The van der Waals surface area contributed by atoms with Gasteiger partial charge in [-0.1, -0.05) is 6.92 Å². The van der Waals surface area contributed by atoms with Crippen LogP contribution in [0.5, 0.6) is 0 Å². The molecule has 0 aromatic rings. The number of likely N-dealkylation sites (tertiary alicyclic amines) is 2. The Kier molecular flexibility index (Phi) is 4.26. The molecule has 0 radical (unpaired) electrons. The first-order valence-electron chi connectivity index (χ1n) is 7.15. The highest BCUT2D eigenvalue weighted by Crippen LogP contribution is 2.29. The summed E-state index contributed by atoms with van der Waals surface area (Å²) >= 11 is 0. The average molecular weight is 224 g/mol. The molecule has 0 saturated carbocycles. The van der Waals surface area contributed by atoms with Crippen molar-refractivity contribution in [3.63, 3.8) is 0 Å². The van der Waals surface area contributed by atoms with Crippen LogP contribution in [0.3, 0.4) is 0 Å². The van der Waals surface area contributed by atoms with Gasteiger partial charge in [0.25, 0.3) is 0 Å². The first-order valence-corrected chi connectivity index (χ1v) is 7.15. The van der Waals surface area contributed by atoms with E-state index in [1.165, 1.54) is 52.0 Å². The summed E-state index contributed by atoms with van der Waals surface area (Å²) in [5.74, 6) is 2.05. The summed E-state index contributed by atoms with van der Waals surface area (Å²) in [6.45, 7) is 13.6. The Labute approximate surface area is 101 Å². The summed E-state index contributed by atoms with van der Waals surface area (Å²) < 4.78 is 0. The van der Waals surface area contributed by atoms with E-state index in [4.69, 9.17) is 0 Å². The molecular weight excluding hydrogens is 196 g/mol. The van der Waals surface area contributed by atoms with Crippen LogP contribution in [0.1, 0.15) is 40.0 Å². The molecule has 94 valence electrons. The summed E-state index contributed by atoms with van der Waals surface area (Å²) in [7, 11) is 0. The second-order valence-electron chi connectivity index (χ2n) is 6.03. The molecule has 2 nitrogen and oxygen atoms in total. The van der Waals surface area contributed by atoms with Crippen molar-refractivity contribution < 1.29 is 0 Å². The molecule has 0 amide bonds. The molecule has 0 bridgehead atoms. The molecule has 2 fully saturated rings. The fourth-order valence-corrected chi connectivity index (χ4v) is 3.26. The van der Waals surface area contributed by atoms with E-state index in [1.807, 2.05) is 0 Å². The van der Waals surface area contributed by atoms with Crippen molar-refractivity contribution in [2.45, 2.75) is 46.1 Å². The van der Waals surface area contributed by atoms with Crippen LogP contribution in [0.15, 0.2) is 0 Å². The maximum absolute atomic E-state index is 2.63. The molecule has 0 atom stereocenters. The molecule has 16 heavy (non-hydrogen) atoms. The van der Waals surface area contributed by atoms with E-state index in [1.54, 1.807) is 0 Å². The van der Waals surface area contributed by atoms with E-state index in [2.05, 4.69) is 30.6 Å². The first kappa shape index (κ1) is 12.4. The third-order valence-corrected chi connectivity index (χ3v) is 4.53. The van der Waals surface area contributed by atoms with E-state index >= 15 is 0 Å². The maximum Gasteiger partial charge on any atom is 0.00385 e. The highest BCUT2D eigenvalue weighted by Gasteiger charge is 2.29. The number of hydrogen-bond acceptors (Lipinski definition) is 2. The van der Waals surface area contributed by atoms with Crippen molar-refractivity contribution in [2.24, 2.45) is 11.8 Å². The van der Waals surface area contributed by atoms with Crippen LogP contribution in [-0.4, -0.2) is 48.6 Å². The summed E-state index contributed by atoms with van der Waals surface area (Å²) in [5.41, 5.74) is 0. The Bertz CT molecular complexity index is 201. The molecule has 0 N–H and O–H groups in total. The van der Waals surface area contributed by atoms with Crippen LogP contribution in [0.2, 0.25) is 0 Å². The van der Waals surface area contributed by atoms with E-state index in [0.29, 0.717) is 0 Å². The molecule has 2 heterocycles. The second kappa shape index (κ2) is 5.50. The zero-order valence-corrected chi connectivity index (χ0v) is 11.3. The third kappa shape index (κ3) is 2.98. The highest BCUT2D eigenvalue weighted by molar-refractivity contribution is 4.83. The normalized spacial score (nSPS) is 26.2. The lowest BCUT2D eigenvalue weighted by molar-refractivity contribution is 0.0674. The van der Waals surface area contributed by atoms with Crippen molar-refractivity contribution in [3.8, 4) is 0 Å². The standard InChI is InChI=1S/C14H28N2/c1-4-15-10-14(11-15)9-13-5-7-16(8-6-13)12(2)3/h12-14H,4-11H2,1-3H3. The van der Waals surface area contributed by atoms with Gasteiger partial charge in [-0.3, -0.25) is 0 Å². The smallest absolute Gasteiger partial charge is 0.00385 e. The van der Waals surface area contributed by atoms with Gasteiger partial charge in [0.2, 0.25) is 0 Å². The topological polar surface area (TPSA) is 6.48 Å². The summed E-state index contributed by atoms with van der Waals surface area (Å²) in [6.07, 6.45) is 4.39. The van der Waals surface area contributed by atoms with E-state index in [-0.39, 0.29) is 0 Å². The van der Waals surface area contributed by atoms with Crippen molar-refractivity contribution in [2.75, 3.05) is 32.7 Å². The van der Waals surface area contributed by atoms with Gasteiger partial charge in [0, 0.05) is 19.1 Å². The minimum atomic E-state index is 0.750. The summed E-state index contributed by atoms with van der Waals surface area (Å²) in [4.78, 5) is 5.20. The second-order valence-corrected chi connectivity index (χ2v) is 6.03. The molecule has 2 saturated heterocycles. The van der Waals surface area contributed by atoms with Gasteiger partial charge in [0.1, 0.15) is 0 Å². The monoisotopic (exact) mass is 224 g/mol. The molecule has 0 aliphatic carbocycles. The van der Waals surface area contributed by atoms with Crippen LogP contribution >= 0.6 is 0 Å². The van der Waals surface area contributed by atoms with Crippen molar-refractivity contribution in [3.05, 3.63) is 0 Å². The lowest BCUT2D eigenvalue weighted by Crippen LogP contribution is -2.47. The summed E-state index contributed by atoms with van der Waals surface area (Å²) in [5, 5.41) is 0. The molecule has 0 unspecified atom stereocenters. The lowest BCUT2D eigenvalue weighted by atomic mass is 9.83.